The Labute approximate surface area is 258 Å². The summed E-state index contributed by atoms with van der Waals surface area (Å²) in [7, 11) is 0. The van der Waals surface area contributed by atoms with Gasteiger partial charge in [0.25, 0.3) is 11.8 Å². The number of fused-ring (bicyclic) bond motifs is 3. The van der Waals surface area contributed by atoms with E-state index < -0.39 is 11.7 Å². The molecule has 0 unspecified atom stereocenters. The van der Waals surface area contributed by atoms with Crippen LogP contribution in [0.5, 0.6) is 0 Å². The molecule has 1 fully saturated rings. The van der Waals surface area contributed by atoms with Gasteiger partial charge in [-0.15, -0.1) is 10.2 Å². The Balaban J connectivity index is 1.24. The number of hydrogen-bond donors (Lipinski definition) is 1. The van der Waals surface area contributed by atoms with E-state index in [9.17, 15) is 14.9 Å². The Morgan fingerprint density at radius 2 is 1.87 bits per heavy atom. The molecule has 0 saturated heterocycles. The van der Waals surface area contributed by atoms with Crippen LogP contribution in [0.1, 0.15) is 81.9 Å². The quantitative estimate of drug-likeness (QED) is 0.275. The zero-order valence-corrected chi connectivity index (χ0v) is 24.6. The highest BCUT2D eigenvalue weighted by Crippen LogP contribution is 2.42. The summed E-state index contributed by atoms with van der Waals surface area (Å²) in [6.07, 6.45) is 5.29. The number of benzene rings is 2. The fraction of sp³-hybridized carbons (Fsp3) is 0.242. The Kier molecular flexibility index (Phi) is 6.93. The van der Waals surface area contributed by atoms with Crippen LogP contribution < -0.4 is 5.32 Å². The molecule has 0 radical (unpaired) electrons. The van der Waals surface area contributed by atoms with Crippen molar-refractivity contribution in [3.8, 4) is 23.3 Å². The highest BCUT2D eigenvalue weighted by molar-refractivity contribution is 6.04. The second-order valence-electron chi connectivity index (χ2n) is 11.5. The third kappa shape index (κ3) is 5.12. The van der Waals surface area contributed by atoms with Gasteiger partial charge in [-0.2, -0.15) is 5.26 Å². The van der Waals surface area contributed by atoms with E-state index in [4.69, 9.17) is 0 Å². The summed E-state index contributed by atoms with van der Waals surface area (Å²) in [4.78, 5) is 38.1. The van der Waals surface area contributed by atoms with Crippen LogP contribution in [0.2, 0.25) is 0 Å². The number of imidazole rings is 1. The summed E-state index contributed by atoms with van der Waals surface area (Å²) in [6.45, 7) is 4.30. The summed E-state index contributed by atoms with van der Waals surface area (Å²) >= 11 is 0. The van der Waals surface area contributed by atoms with E-state index >= 15 is 4.39 Å². The second-order valence-corrected chi connectivity index (χ2v) is 11.5. The predicted molar refractivity (Wildman–Crippen MR) is 162 cm³/mol. The van der Waals surface area contributed by atoms with Gasteiger partial charge in [0, 0.05) is 18.5 Å². The van der Waals surface area contributed by atoms with Crippen molar-refractivity contribution in [2.24, 2.45) is 0 Å². The molecular weight excluding hydrogens is 573 g/mol. The molecule has 45 heavy (non-hydrogen) atoms. The molecule has 0 spiro atoms. The van der Waals surface area contributed by atoms with Crippen LogP contribution in [-0.2, 0) is 13.1 Å². The zero-order chi connectivity index (χ0) is 31.2. The van der Waals surface area contributed by atoms with Crippen LogP contribution in [0.4, 0.5) is 10.2 Å². The number of nitrogens with one attached hydrogen (secondary N) is 1. The third-order valence-electron chi connectivity index (χ3n) is 8.15. The minimum atomic E-state index is -0.738. The van der Waals surface area contributed by atoms with Gasteiger partial charge in [0.2, 0.25) is 0 Å². The number of nitrogens with zero attached hydrogens (tertiary/aromatic N) is 8. The molecule has 0 bridgehead atoms. The fourth-order valence-corrected chi connectivity index (χ4v) is 5.72. The van der Waals surface area contributed by atoms with E-state index in [1.165, 1.54) is 12.1 Å². The van der Waals surface area contributed by atoms with Crippen LogP contribution in [0.15, 0.2) is 67.3 Å². The van der Waals surface area contributed by atoms with Crippen molar-refractivity contribution < 1.29 is 14.0 Å². The van der Waals surface area contributed by atoms with Crippen LogP contribution in [0.25, 0.3) is 17.2 Å². The van der Waals surface area contributed by atoms with Crippen LogP contribution in [-0.4, -0.2) is 46.0 Å². The van der Waals surface area contributed by atoms with Gasteiger partial charge in [0.1, 0.15) is 23.7 Å². The molecule has 5 aromatic rings. The van der Waals surface area contributed by atoms with Gasteiger partial charge in [-0.25, -0.2) is 14.4 Å². The van der Waals surface area contributed by atoms with Crippen molar-refractivity contribution in [2.45, 2.75) is 51.7 Å². The predicted octanol–water partition coefficient (Wildman–Crippen LogP) is 5.40. The lowest BCUT2D eigenvalue weighted by atomic mass is 10.0. The first-order chi connectivity index (χ1) is 21.8. The molecule has 11 nitrogen and oxygen atoms in total. The van der Waals surface area contributed by atoms with Gasteiger partial charge in [-0.05, 0) is 68.7 Å². The molecule has 1 N–H and O–H groups in total. The molecule has 1 aliphatic carbocycles. The first-order valence-corrected chi connectivity index (χ1v) is 14.7. The van der Waals surface area contributed by atoms with Crippen molar-refractivity contribution >= 4 is 17.6 Å². The van der Waals surface area contributed by atoms with E-state index in [1.54, 1.807) is 60.0 Å². The number of carbonyl (C=O) groups is 2. The van der Waals surface area contributed by atoms with E-state index in [1.807, 2.05) is 23.0 Å². The first kappa shape index (κ1) is 28.1. The number of rotatable bonds is 6. The smallest absolute Gasteiger partial charge is 0.259 e. The number of nitriles is 1. The minimum absolute atomic E-state index is 0.0820. The normalized spacial score (nSPS) is 14.0. The number of anilines is 1. The molecule has 7 rings (SSSR count). The van der Waals surface area contributed by atoms with Crippen LogP contribution >= 0.6 is 0 Å². The van der Waals surface area contributed by atoms with Crippen molar-refractivity contribution in [2.75, 3.05) is 5.32 Å². The zero-order valence-electron chi connectivity index (χ0n) is 24.6. The number of aromatic nitrogens is 6. The van der Waals surface area contributed by atoms with Gasteiger partial charge < -0.3 is 19.4 Å². The van der Waals surface area contributed by atoms with Gasteiger partial charge in [0.15, 0.2) is 5.82 Å². The van der Waals surface area contributed by atoms with Crippen molar-refractivity contribution in [1.82, 2.24) is 34.2 Å². The standard InChI is InChI=1S/C33H28FN9O2/c1-19(2)42-18-37-40-31(42)26-8-5-9-29(38-26)39-32(44)24-13-27-22(12-25(24)34)15-41(33(45)23-7-4-3-6-21(23)14-35)16-28-30(20-10-11-20)36-17-43(27)28/h3-9,12-13,17-20H,10-11,15-16H2,1-2H3,(H,38,39,44). The molecule has 12 heteroatoms. The van der Waals surface area contributed by atoms with Crippen molar-refractivity contribution in [1.29, 1.82) is 5.26 Å². The fourth-order valence-electron chi connectivity index (χ4n) is 5.72. The molecule has 1 saturated carbocycles. The van der Waals surface area contributed by atoms with Gasteiger partial charge in [0.05, 0.1) is 52.7 Å². The first-order valence-electron chi connectivity index (χ1n) is 14.7. The van der Waals surface area contributed by atoms with Gasteiger partial charge >= 0.3 is 0 Å². The second kappa shape index (κ2) is 11.1. The molecule has 0 atom stereocenters. The van der Waals surface area contributed by atoms with Crippen LogP contribution in [0.3, 0.4) is 0 Å². The number of amides is 2. The molecule has 2 amide bonds. The molecule has 2 aromatic carbocycles. The maximum Gasteiger partial charge on any atom is 0.259 e. The average molecular weight is 602 g/mol. The minimum Gasteiger partial charge on any atom is -0.328 e. The van der Waals surface area contributed by atoms with Crippen molar-refractivity contribution in [3.63, 3.8) is 0 Å². The number of hydrogen-bond acceptors (Lipinski definition) is 7. The molecule has 4 heterocycles. The Hall–Kier alpha value is -5.70. The average Bonchev–Trinajstić information content (AvgIpc) is 3.65. The van der Waals surface area contributed by atoms with Gasteiger partial charge in [-0.1, -0.05) is 18.2 Å². The highest BCUT2D eigenvalue weighted by atomic mass is 19.1. The van der Waals surface area contributed by atoms with Gasteiger partial charge in [-0.3, -0.25) is 9.59 Å². The summed E-state index contributed by atoms with van der Waals surface area (Å²) in [5.41, 5.74) is 3.65. The summed E-state index contributed by atoms with van der Waals surface area (Å²) in [5.74, 6) is -0.678. The maximum absolute atomic E-state index is 15.7. The number of halogens is 1. The molecule has 224 valence electrons. The Morgan fingerprint density at radius 1 is 1.04 bits per heavy atom. The molecule has 3 aromatic heterocycles. The maximum atomic E-state index is 15.7. The highest BCUT2D eigenvalue weighted by Gasteiger charge is 2.34. The van der Waals surface area contributed by atoms with Crippen LogP contribution in [0, 0.1) is 17.1 Å². The largest absolute Gasteiger partial charge is 0.328 e. The SMILES string of the molecule is CC(C)n1cnnc1-c1cccc(NC(=O)c2cc3c(cc2F)CN(C(=O)c2ccccc2C#N)Cc2c(C4CC4)ncn2-3)n1. The Bertz CT molecular complexity index is 2020. The summed E-state index contributed by atoms with van der Waals surface area (Å²) in [5, 5.41) is 20.5. The number of pyridine rings is 1. The van der Waals surface area contributed by atoms with E-state index in [0.717, 1.165) is 24.2 Å². The van der Waals surface area contributed by atoms with E-state index in [0.29, 0.717) is 22.8 Å². The molecular formula is C33H28FN9O2. The lowest BCUT2D eigenvalue weighted by Gasteiger charge is -2.22. The molecule has 2 aliphatic rings. The summed E-state index contributed by atoms with van der Waals surface area (Å²) in [6, 6.07) is 16.7. The Morgan fingerprint density at radius 3 is 2.64 bits per heavy atom. The monoisotopic (exact) mass is 601 g/mol. The topological polar surface area (TPSA) is 135 Å². The lowest BCUT2D eigenvalue weighted by Crippen LogP contribution is -2.30. The lowest BCUT2D eigenvalue weighted by molar-refractivity contribution is 0.0729. The number of carbonyl (C=O) groups excluding carboxylic acids is 2. The summed E-state index contributed by atoms with van der Waals surface area (Å²) < 4.78 is 19.4. The van der Waals surface area contributed by atoms with E-state index in [-0.39, 0.29) is 53.5 Å². The molecule has 1 aliphatic heterocycles. The third-order valence-corrected chi connectivity index (χ3v) is 8.15. The van der Waals surface area contributed by atoms with E-state index in [2.05, 4.69) is 31.6 Å². The van der Waals surface area contributed by atoms with Crippen molar-refractivity contribution in [3.05, 3.63) is 107 Å².